The predicted molar refractivity (Wildman–Crippen MR) is 53.5 cm³/mol. The van der Waals surface area contributed by atoms with Gasteiger partial charge in [-0.25, -0.2) is 0 Å². The van der Waals surface area contributed by atoms with E-state index in [1.165, 1.54) is 19.3 Å². The molecule has 1 aliphatic carbocycles. The van der Waals surface area contributed by atoms with Gasteiger partial charge in [0.25, 0.3) is 0 Å². The van der Waals surface area contributed by atoms with Gasteiger partial charge in [0.2, 0.25) is 0 Å². The minimum Gasteiger partial charge on any atom is -0.394 e. The lowest BCUT2D eigenvalue weighted by atomic mass is 9.78. The maximum atomic E-state index is 5.78. The largest absolute Gasteiger partial charge is 0.394 e. The Hall–Kier alpha value is -1.19. The number of hydrogen-bond acceptors (Lipinski definition) is 3. The number of nitrogen functional groups attached to an aromatic ring is 1. The Morgan fingerprint density at radius 3 is 2.69 bits per heavy atom. The number of aromatic nitrogens is 2. The summed E-state index contributed by atoms with van der Waals surface area (Å²) < 4.78 is 1.74. The van der Waals surface area contributed by atoms with E-state index in [9.17, 15) is 0 Å². The zero-order valence-electron chi connectivity index (χ0n) is 8.17. The third-order valence-corrected chi connectivity index (χ3v) is 2.73. The highest BCUT2D eigenvalue weighted by Crippen LogP contribution is 2.35. The van der Waals surface area contributed by atoms with Gasteiger partial charge < -0.3 is 11.1 Å². The fourth-order valence-corrected chi connectivity index (χ4v) is 1.72. The first-order valence-electron chi connectivity index (χ1n) is 4.66. The molecule has 1 aromatic heterocycles. The molecule has 0 atom stereocenters. The monoisotopic (exact) mass is 180 g/mol. The van der Waals surface area contributed by atoms with E-state index in [1.807, 2.05) is 13.2 Å². The highest BCUT2D eigenvalue weighted by atomic mass is 15.3. The van der Waals surface area contributed by atoms with Crippen molar-refractivity contribution in [3.63, 3.8) is 0 Å². The molecule has 4 heteroatoms. The van der Waals surface area contributed by atoms with Crippen LogP contribution >= 0.6 is 0 Å². The number of nitrogens with two attached hydrogens (primary N) is 1. The van der Waals surface area contributed by atoms with Crippen molar-refractivity contribution in [2.24, 2.45) is 7.05 Å². The summed E-state index contributed by atoms with van der Waals surface area (Å²) in [5.41, 5.74) is 6.74. The lowest BCUT2D eigenvalue weighted by molar-refractivity contribution is 0.305. The van der Waals surface area contributed by atoms with E-state index in [-0.39, 0.29) is 5.54 Å². The van der Waals surface area contributed by atoms with E-state index >= 15 is 0 Å². The zero-order chi connectivity index (χ0) is 9.47. The third kappa shape index (κ3) is 1.48. The topological polar surface area (TPSA) is 55.9 Å². The van der Waals surface area contributed by atoms with E-state index in [0.717, 1.165) is 11.5 Å². The molecule has 0 unspecified atom stereocenters. The summed E-state index contributed by atoms with van der Waals surface area (Å²) in [5.74, 6) is 0.824. The van der Waals surface area contributed by atoms with Gasteiger partial charge in [0.05, 0.1) is 5.69 Å². The van der Waals surface area contributed by atoms with Crippen LogP contribution in [-0.4, -0.2) is 15.3 Å². The average Bonchev–Trinajstić information content (AvgIpc) is 2.27. The highest BCUT2D eigenvalue weighted by Gasteiger charge is 2.32. The predicted octanol–water partition coefficient (Wildman–Crippen LogP) is 1.36. The van der Waals surface area contributed by atoms with Crippen LogP contribution in [0.3, 0.4) is 0 Å². The smallest absolute Gasteiger partial charge is 0.171 e. The molecule has 1 aliphatic rings. The number of aryl methyl sites for hydroxylation is 1. The van der Waals surface area contributed by atoms with E-state index in [0.29, 0.717) is 0 Å². The summed E-state index contributed by atoms with van der Waals surface area (Å²) in [6.45, 7) is 2.21. The Kier molecular flexibility index (Phi) is 1.71. The molecule has 3 N–H and O–H groups in total. The van der Waals surface area contributed by atoms with E-state index in [2.05, 4.69) is 17.3 Å². The molecule has 2 rings (SSSR count). The Labute approximate surface area is 78.1 Å². The Morgan fingerprint density at radius 2 is 2.31 bits per heavy atom. The average molecular weight is 180 g/mol. The second kappa shape index (κ2) is 2.65. The molecule has 0 radical (unpaired) electrons. The van der Waals surface area contributed by atoms with Crippen LogP contribution in [0.15, 0.2) is 6.20 Å². The van der Waals surface area contributed by atoms with Crippen LogP contribution in [0.4, 0.5) is 11.5 Å². The molecule has 0 aliphatic heterocycles. The van der Waals surface area contributed by atoms with Gasteiger partial charge >= 0.3 is 0 Å². The summed E-state index contributed by atoms with van der Waals surface area (Å²) in [6.07, 6.45) is 5.55. The minimum absolute atomic E-state index is 0.225. The van der Waals surface area contributed by atoms with Crippen molar-refractivity contribution in [1.29, 1.82) is 0 Å². The Bertz CT molecular complexity index is 311. The summed E-state index contributed by atoms with van der Waals surface area (Å²) in [7, 11) is 1.88. The van der Waals surface area contributed by atoms with Crippen molar-refractivity contribution in [3.05, 3.63) is 6.20 Å². The fourth-order valence-electron chi connectivity index (χ4n) is 1.72. The van der Waals surface area contributed by atoms with Crippen molar-refractivity contribution < 1.29 is 0 Å². The number of hydrogen-bond donors (Lipinski definition) is 2. The van der Waals surface area contributed by atoms with Gasteiger partial charge in [0.1, 0.15) is 0 Å². The number of nitrogens with zero attached hydrogens (tertiary/aromatic N) is 2. The molecule has 0 bridgehead atoms. The van der Waals surface area contributed by atoms with Crippen LogP contribution in [0.2, 0.25) is 0 Å². The first-order valence-corrected chi connectivity index (χ1v) is 4.66. The quantitative estimate of drug-likeness (QED) is 0.722. The molecular weight excluding hydrogens is 164 g/mol. The van der Waals surface area contributed by atoms with Gasteiger partial charge in [-0.05, 0) is 26.2 Å². The lowest BCUT2D eigenvalue weighted by Crippen LogP contribution is -2.41. The third-order valence-electron chi connectivity index (χ3n) is 2.73. The summed E-state index contributed by atoms with van der Waals surface area (Å²) in [6, 6.07) is 0. The van der Waals surface area contributed by atoms with Crippen LogP contribution in [0.25, 0.3) is 0 Å². The van der Waals surface area contributed by atoms with Crippen molar-refractivity contribution >= 4 is 11.5 Å². The molecule has 13 heavy (non-hydrogen) atoms. The normalized spacial score (nSPS) is 19.5. The van der Waals surface area contributed by atoms with E-state index in [4.69, 9.17) is 5.73 Å². The fraction of sp³-hybridized carbons (Fsp3) is 0.667. The van der Waals surface area contributed by atoms with Crippen molar-refractivity contribution in [1.82, 2.24) is 9.78 Å². The summed E-state index contributed by atoms with van der Waals surface area (Å²) in [5, 5.41) is 7.64. The minimum atomic E-state index is 0.225. The van der Waals surface area contributed by atoms with Crippen LogP contribution < -0.4 is 11.1 Å². The van der Waals surface area contributed by atoms with Crippen LogP contribution in [0.1, 0.15) is 26.2 Å². The number of rotatable bonds is 2. The summed E-state index contributed by atoms with van der Waals surface area (Å²) in [4.78, 5) is 0. The molecule has 0 saturated heterocycles. The number of anilines is 2. The molecule has 0 aromatic carbocycles. The molecule has 72 valence electrons. The van der Waals surface area contributed by atoms with Gasteiger partial charge in [-0.3, -0.25) is 4.68 Å². The van der Waals surface area contributed by atoms with Crippen LogP contribution in [0, 0.1) is 0 Å². The molecule has 4 nitrogen and oxygen atoms in total. The van der Waals surface area contributed by atoms with Crippen molar-refractivity contribution in [3.8, 4) is 0 Å². The Balaban J connectivity index is 2.12. The molecule has 0 spiro atoms. The second-order valence-corrected chi connectivity index (χ2v) is 4.15. The van der Waals surface area contributed by atoms with Crippen LogP contribution in [-0.2, 0) is 7.05 Å². The van der Waals surface area contributed by atoms with Crippen LogP contribution in [0.5, 0.6) is 0 Å². The molecule has 1 heterocycles. The molecular formula is C9H16N4. The van der Waals surface area contributed by atoms with Gasteiger partial charge in [-0.1, -0.05) is 0 Å². The van der Waals surface area contributed by atoms with Crippen molar-refractivity contribution in [2.45, 2.75) is 31.7 Å². The Morgan fingerprint density at radius 1 is 1.62 bits per heavy atom. The molecule has 1 fully saturated rings. The van der Waals surface area contributed by atoms with Gasteiger partial charge in [-0.15, -0.1) is 0 Å². The molecule has 1 aromatic rings. The maximum Gasteiger partial charge on any atom is 0.171 e. The standard InChI is InChI=1S/C9H16N4/c1-9(4-3-5-9)11-8-7(10)6-13(2)12-8/h6H,3-5,10H2,1-2H3,(H,11,12). The first kappa shape index (κ1) is 8.41. The van der Waals surface area contributed by atoms with E-state index < -0.39 is 0 Å². The zero-order valence-corrected chi connectivity index (χ0v) is 8.17. The van der Waals surface area contributed by atoms with Gasteiger partial charge in [0, 0.05) is 18.8 Å². The maximum absolute atomic E-state index is 5.78. The van der Waals surface area contributed by atoms with E-state index in [1.54, 1.807) is 4.68 Å². The first-order chi connectivity index (χ1) is 6.09. The van der Waals surface area contributed by atoms with Gasteiger partial charge in [0.15, 0.2) is 5.82 Å². The second-order valence-electron chi connectivity index (χ2n) is 4.15. The summed E-state index contributed by atoms with van der Waals surface area (Å²) >= 11 is 0. The van der Waals surface area contributed by atoms with Gasteiger partial charge in [-0.2, -0.15) is 5.10 Å². The SMILES string of the molecule is Cn1cc(N)c(NC2(C)CCC2)n1. The lowest BCUT2D eigenvalue weighted by Gasteiger charge is -2.39. The highest BCUT2D eigenvalue weighted by molar-refractivity contribution is 5.61. The molecule has 0 amide bonds. The molecule has 1 saturated carbocycles. The number of nitrogens with one attached hydrogen (secondary N) is 1. The van der Waals surface area contributed by atoms with Crippen molar-refractivity contribution in [2.75, 3.05) is 11.1 Å².